The molecule has 7 nitrogen and oxygen atoms in total. The fourth-order valence-corrected chi connectivity index (χ4v) is 3.84. The van der Waals surface area contributed by atoms with Crippen LogP contribution in [0.3, 0.4) is 0 Å². The van der Waals surface area contributed by atoms with E-state index >= 15 is 0 Å². The van der Waals surface area contributed by atoms with Crippen LogP contribution < -0.4 is 20.2 Å². The molecule has 0 spiro atoms. The van der Waals surface area contributed by atoms with E-state index in [1.54, 1.807) is 18.2 Å². The lowest BCUT2D eigenvalue weighted by Crippen LogP contribution is -2.20. The summed E-state index contributed by atoms with van der Waals surface area (Å²) in [5.41, 5.74) is 6.61. The van der Waals surface area contributed by atoms with Crippen LogP contribution in [0.1, 0.15) is 34.0 Å². The second-order valence-electron chi connectivity index (χ2n) is 7.53. The molecule has 8 heteroatoms. The molecule has 2 amide bonds. The van der Waals surface area contributed by atoms with Gasteiger partial charge in [0.1, 0.15) is 0 Å². The number of amides is 2. The maximum atomic E-state index is 12.3. The minimum Gasteiger partial charge on any atom is -0.490 e. The second kappa shape index (κ2) is 12.2. The summed E-state index contributed by atoms with van der Waals surface area (Å²) in [6.45, 7) is 6.05. The normalized spacial score (nSPS) is 10.7. The van der Waals surface area contributed by atoms with E-state index in [9.17, 15) is 9.59 Å². The molecule has 0 radical (unpaired) electrons. The third kappa shape index (κ3) is 7.31. The van der Waals surface area contributed by atoms with Crippen molar-refractivity contribution in [3.63, 3.8) is 0 Å². The van der Waals surface area contributed by atoms with Gasteiger partial charge in [0.25, 0.3) is 11.8 Å². The topological polar surface area (TPSA) is 89.0 Å². The van der Waals surface area contributed by atoms with Crippen molar-refractivity contribution in [2.75, 3.05) is 18.5 Å². The second-order valence-corrected chi connectivity index (χ2v) is 8.70. The van der Waals surface area contributed by atoms with Crippen LogP contribution in [0, 0.1) is 17.4 Å². The minimum absolute atomic E-state index is 0.163. The fourth-order valence-electron chi connectivity index (χ4n) is 3.06. The molecule has 0 aliphatic carbocycles. The Labute approximate surface area is 212 Å². The SMILES string of the molecule is CCOc1cc(/C=N/NC(=O)c2ccc(C)cc2)cc(I)c1OCC(=O)Nc1cccc(C)c1. The molecular weight excluding hydrogens is 545 g/mol. The van der Waals surface area contributed by atoms with Crippen molar-refractivity contribution < 1.29 is 19.1 Å². The number of hydrogen-bond acceptors (Lipinski definition) is 5. The van der Waals surface area contributed by atoms with Gasteiger partial charge in [-0.15, -0.1) is 0 Å². The zero-order chi connectivity index (χ0) is 24.5. The van der Waals surface area contributed by atoms with E-state index in [-0.39, 0.29) is 18.4 Å². The smallest absolute Gasteiger partial charge is 0.271 e. The third-order valence-electron chi connectivity index (χ3n) is 4.67. The lowest BCUT2D eigenvalue weighted by molar-refractivity contribution is -0.118. The number of nitrogens with zero attached hydrogens (tertiary/aromatic N) is 1. The van der Waals surface area contributed by atoms with Gasteiger partial charge < -0.3 is 14.8 Å². The number of aryl methyl sites for hydroxylation is 2. The van der Waals surface area contributed by atoms with Gasteiger partial charge in [-0.3, -0.25) is 9.59 Å². The zero-order valence-corrected chi connectivity index (χ0v) is 21.4. The van der Waals surface area contributed by atoms with Gasteiger partial charge in [-0.05, 0) is 90.9 Å². The molecule has 0 heterocycles. The van der Waals surface area contributed by atoms with E-state index in [4.69, 9.17) is 9.47 Å². The summed E-state index contributed by atoms with van der Waals surface area (Å²) in [7, 11) is 0. The van der Waals surface area contributed by atoms with Crippen molar-refractivity contribution in [3.05, 3.63) is 86.5 Å². The van der Waals surface area contributed by atoms with Gasteiger partial charge in [0.15, 0.2) is 18.1 Å². The zero-order valence-electron chi connectivity index (χ0n) is 19.2. The number of ether oxygens (including phenoxy) is 2. The number of benzene rings is 3. The molecule has 0 aromatic heterocycles. The van der Waals surface area contributed by atoms with Gasteiger partial charge in [-0.1, -0.05) is 29.8 Å². The van der Waals surface area contributed by atoms with Crippen molar-refractivity contribution in [1.82, 2.24) is 5.43 Å². The maximum Gasteiger partial charge on any atom is 0.271 e. The molecule has 2 N–H and O–H groups in total. The highest BCUT2D eigenvalue weighted by Crippen LogP contribution is 2.34. The van der Waals surface area contributed by atoms with Gasteiger partial charge in [0.2, 0.25) is 0 Å². The first-order valence-electron chi connectivity index (χ1n) is 10.7. The Morgan fingerprint density at radius 3 is 2.47 bits per heavy atom. The van der Waals surface area contributed by atoms with Crippen LogP contribution in [0.4, 0.5) is 5.69 Å². The van der Waals surface area contributed by atoms with E-state index in [1.807, 2.05) is 63.2 Å². The van der Waals surface area contributed by atoms with Gasteiger partial charge in [0.05, 0.1) is 16.4 Å². The molecular formula is C26H26IN3O4. The molecule has 0 bridgehead atoms. The van der Waals surface area contributed by atoms with E-state index in [2.05, 4.69) is 38.4 Å². The summed E-state index contributed by atoms with van der Waals surface area (Å²) >= 11 is 2.12. The molecule has 0 aliphatic heterocycles. The molecule has 176 valence electrons. The Hall–Kier alpha value is -3.40. The number of rotatable bonds is 9. The number of anilines is 1. The highest BCUT2D eigenvalue weighted by Gasteiger charge is 2.14. The average molecular weight is 571 g/mol. The average Bonchev–Trinajstić information content (AvgIpc) is 2.79. The van der Waals surface area contributed by atoms with Crippen LogP contribution >= 0.6 is 22.6 Å². The third-order valence-corrected chi connectivity index (χ3v) is 5.48. The lowest BCUT2D eigenvalue weighted by atomic mass is 10.1. The Morgan fingerprint density at radius 1 is 1.00 bits per heavy atom. The Bertz CT molecular complexity index is 1190. The van der Waals surface area contributed by atoms with E-state index in [0.717, 1.165) is 14.7 Å². The first kappa shape index (κ1) is 25.2. The van der Waals surface area contributed by atoms with Crippen molar-refractivity contribution in [1.29, 1.82) is 0 Å². The number of hydrazone groups is 1. The molecule has 3 rings (SSSR count). The highest BCUT2D eigenvalue weighted by atomic mass is 127. The van der Waals surface area contributed by atoms with Gasteiger partial charge in [-0.2, -0.15) is 5.10 Å². The predicted octanol–water partition coefficient (Wildman–Crippen LogP) is 5.09. The van der Waals surface area contributed by atoms with Crippen LogP contribution in [0.25, 0.3) is 0 Å². The largest absolute Gasteiger partial charge is 0.490 e. The van der Waals surface area contributed by atoms with Crippen LogP contribution in [0.2, 0.25) is 0 Å². The van der Waals surface area contributed by atoms with E-state index in [0.29, 0.717) is 34.9 Å². The molecule has 0 saturated heterocycles. The number of carbonyl (C=O) groups excluding carboxylic acids is 2. The summed E-state index contributed by atoms with van der Waals surface area (Å²) in [5, 5.41) is 6.87. The molecule has 3 aromatic rings. The lowest BCUT2D eigenvalue weighted by Gasteiger charge is -2.14. The standard InChI is InChI=1S/C26H26IN3O4/c1-4-33-23-14-19(15-28-30-26(32)20-10-8-17(2)9-11-20)13-22(27)25(23)34-16-24(31)29-21-7-5-6-18(3)12-21/h5-15H,4,16H2,1-3H3,(H,29,31)(H,30,32)/b28-15+. The number of carbonyl (C=O) groups is 2. The Kier molecular flexibility index (Phi) is 9.03. The molecule has 34 heavy (non-hydrogen) atoms. The summed E-state index contributed by atoms with van der Waals surface area (Å²) in [4.78, 5) is 24.6. The summed E-state index contributed by atoms with van der Waals surface area (Å²) in [6.07, 6.45) is 1.53. The minimum atomic E-state index is -0.296. The van der Waals surface area contributed by atoms with Crippen LogP contribution in [-0.2, 0) is 4.79 Å². The Morgan fingerprint density at radius 2 is 1.76 bits per heavy atom. The highest BCUT2D eigenvalue weighted by molar-refractivity contribution is 14.1. The Balaban J connectivity index is 1.65. The van der Waals surface area contributed by atoms with Crippen LogP contribution in [0.15, 0.2) is 65.8 Å². The summed E-state index contributed by atoms with van der Waals surface area (Å²) in [6, 6.07) is 18.4. The fraction of sp³-hybridized carbons (Fsp3) is 0.192. The number of hydrogen-bond donors (Lipinski definition) is 2. The van der Waals surface area contributed by atoms with E-state index < -0.39 is 0 Å². The molecule has 0 aliphatic rings. The van der Waals surface area contributed by atoms with Crippen LogP contribution in [-0.4, -0.2) is 31.2 Å². The van der Waals surface area contributed by atoms with Gasteiger partial charge in [0, 0.05) is 11.3 Å². The molecule has 0 atom stereocenters. The van der Waals surface area contributed by atoms with Gasteiger partial charge >= 0.3 is 0 Å². The first-order valence-corrected chi connectivity index (χ1v) is 11.8. The van der Waals surface area contributed by atoms with E-state index in [1.165, 1.54) is 6.21 Å². The van der Waals surface area contributed by atoms with Gasteiger partial charge in [-0.25, -0.2) is 5.43 Å². The molecule has 0 saturated carbocycles. The molecule has 0 fully saturated rings. The van der Waals surface area contributed by atoms with Crippen molar-refractivity contribution in [3.8, 4) is 11.5 Å². The molecule has 0 unspecified atom stereocenters. The van der Waals surface area contributed by atoms with Crippen molar-refractivity contribution >= 4 is 46.3 Å². The monoisotopic (exact) mass is 571 g/mol. The first-order chi connectivity index (χ1) is 16.4. The van der Waals surface area contributed by atoms with Crippen molar-refractivity contribution in [2.24, 2.45) is 5.10 Å². The summed E-state index contributed by atoms with van der Waals surface area (Å²) in [5.74, 6) is 0.399. The van der Waals surface area contributed by atoms with Crippen molar-refractivity contribution in [2.45, 2.75) is 20.8 Å². The summed E-state index contributed by atoms with van der Waals surface area (Å²) < 4.78 is 12.3. The quantitative estimate of drug-likeness (QED) is 0.213. The number of nitrogens with one attached hydrogen (secondary N) is 2. The predicted molar refractivity (Wildman–Crippen MR) is 142 cm³/mol. The molecule has 3 aromatic carbocycles. The van der Waals surface area contributed by atoms with Crippen LogP contribution in [0.5, 0.6) is 11.5 Å². The maximum absolute atomic E-state index is 12.3. The number of halogens is 1.